The highest BCUT2D eigenvalue weighted by Gasteiger charge is 2.07. The first kappa shape index (κ1) is 15.7. The molecule has 24 heavy (non-hydrogen) atoms. The molecule has 0 fully saturated rings. The quantitative estimate of drug-likeness (QED) is 0.404. The first-order valence-electron chi connectivity index (χ1n) is 7.49. The average Bonchev–Trinajstić information content (AvgIpc) is 2.59. The van der Waals surface area contributed by atoms with E-state index >= 15 is 0 Å². The number of nitrogens with zero attached hydrogens (tertiary/aromatic N) is 1. The van der Waals surface area contributed by atoms with Crippen molar-refractivity contribution in [1.29, 1.82) is 0 Å². The van der Waals surface area contributed by atoms with E-state index in [1.54, 1.807) is 18.2 Å². The Morgan fingerprint density at radius 1 is 1.12 bits per heavy atom. The molecular formula is C18H15NO5. The Balaban J connectivity index is 1.80. The lowest BCUT2D eigenvalue weighted by Gasteiger charge is -2.08. The van der Waals surface area contributed by atoms with Crippen LogP contribution < -0.4 is 10.4 Å². The fourth-order valence-corrected chi connectivity index (χ4v) is 2.47. The summed E-state index contributed by atoms with van der Waals surface area (Å²) in [4.78, 5) is 21.8. The van der Waals surface area contributed by atoms with Gasteiger partial charge in [-0.05, 0) is 41.8 Å². The molecule has 0 bridgehead atoms. The van der Waals surface area contributed by atoms with E-state index in [2.05, 4.69) is 0 Å². The summed E-state index contributed by atoms with van der Waals surface area (Å²) in [6, 6.07) is 13.0. The molecule has 6 heteroatoms. The third kappa shape index (κ3) is 3.27. The molecule has 0 aliphatic rings. The summed E-state index contributed by atoms with van der Waals surface area (Å²) in [5.74, 6) is 0.567. The van der Waals surface area contributed by atoms with Gasteiger partial charge in [0.15, 0.2) is 0 Å². The Morgan fingerprint density at radius 2 is 1.88 bits per heavy atom. The molecule has 0 radical (unpaired) electrons. The van der Waals surface area contributed by atoms with Crippen LogP contribution in [-0.4, -0.2) is 4.92 Å². The highest BCUT2D eigenvalue weighted by molar-refractivity contribution is 5.81. The number of hydrogen-bond donors (Lipinski definition) is 0. The van der Waals surface area contributed by atoms with Crippen molar-refractivity contribution in [2.75, 3.05) is 0 Å². The minimum atomic E-state index is -0.443. The molecule has 2 aromatic carbocycles. The highest BCUT2D eigenvalue weighted by atomic mass is 16.6. The van der Waals surface area contributed by atoms with Crippen LogP contribution in [0.15, 0.2) is 57.7 Å². The van der Waals surface area contributed by atoms with E-state index in [1.165, 1.54) is 18.2 Å². The maximum atomic E-state index is 11.6. The van der Waals surface area contributed by atoms with Crippen molar-refractivity contribution in [1.82, 2.24) is 0 Å². The number of non-ortho nitro benzene ring substituents is 1. The van der Waals surface area contributed by atoms with Gasteiger partial charge >= 0.3 is 5.63 Å². The van der Waals surface area contributed by atoms with Crippen molar-refractivity contribution in [3.05, 3.63) is 80.2 Å². The lowest BCUT2D eigenvalue weighted by atomic mass is 10.1. The summed E-state index contributed by atoms with van der Waals surface area (Å²) in [5.41, 5.74) is 1.89. The zero-order chi connectivity index (χ0) is 17.1. The number of rotatable bonds is 5. The molecule has 0 aliphatic heterocycles. The van der Waals surface area contributed by atoms with Crippen molar-refractivity contribution in [3.8, 4) is 5.75 Å². The van der Waals surface area contributed by atoms with Crippen LogP contribution in [-0.2, 0) is 13.0 Å². The molecule has 0 amide bonds. The zero-order valence-corrected chi connectivity index (χ0v) is 13.0. The Bertz CT molecular complexity index is 944. The first-order valence-corrected chi connectivity index (χ1v) is 7.49. The molecule has 3 rings (SSSR count). The number of aryl methyl sites for hydroxylation is 1. The summed E-state index contributed by atoms with van der Waals surface area (Å²) < 4.78 is 10.9. The number of benzene rings is 2. The number of ether oxygens (including phenoxy) is 1. The highest BCUT2D eigenvalue weighted by Crippen LogP contribution is 2.24. The van der Waals surface area contributed by atoms with Gasteiger partial charge in [-0.3, -0.25) is 10.1 Å². The predicted octanol–water partition coefficient (Wildman–Crippen LogP) is 3.84. The molecule has 0 N–H and O–H groups in total. The molecule has 0 aliphatic carbocycles. The second-order valence-corrected chi connectivity index (χ2v) is 5.31. The standard InChI is InChI=1S/C18H15NO5/c1-2-13-9-18(20)24-17-10-15(7-8-16(13)17)23-11-12-3-5-14(6-4-12)19(21)22/h3-10H,2,11H2,1H3. The molecule has 122 valence electrons. The van der Waals surface area contributed by atoms with Crippen LogP contribution in [0, 0.1) is 10.1 Å². The first-order chi connectivity index (χ1) is 11.6. The summed E-state index contributed by atoms with van der Waals surface area (Å²) >= 11 is 0. The largest absolute Gasteiger partial charge is 0.489 e. The van der Waals surface area contributed by atoms with E-state index in [1.807, 2.05) is 19.1 Å². The molecular weight excluding hydrogens is 310 g/mol. The van der Waals surface area contributed by atoms with E-state index in [-0.39, 0.29) is 17.9 Å². The van der Waals surface area contributed by atoms with Gasteiger partial charge in [0.2, 0.25) is 0 Å². The van der Waals surface area contributed by atoms with Crippen LogP contribution in [0.3, 0.4) is 0 Å². The van der Waals surface area contributed by atoms with Gasteiger partial charge in [0, 0.05) is 29.7 Å². The van der Waals surface area contributed by atoms with Gasteiger partial charge in [-0.2, -0.15) is 0 Å². The van der Waals surface area contributed by atoms with Crippen molar-refractivity contribution >= 4 is 16.7 Å². The van der Waals surface area contributed by atoms with Crippen LogP contribution in [0.5, 0.6) is 5.75 Å². The van der Waals surface area contributed by atoms with E-state index in [4.69, 9.17) is 9.15 Å². The molecule has 0 unspecified atom stereocenters. The lowest BCUT2D eigenvalue weighted by molar-refractivity contribution is -0.384. The predicted molar refractivity (Wildman–Crippen MR) is 89.3 cm³/mol. The van der Waals surface area contributed by atoms with Gasteiger partial charge in [-0.1, -0.05) is 6.92 Å². The van der Waals surface area contributed by atoms with E-state index in [9.17, 15) is 14.9 Å². The third-order valence-corrected chi connectivity index (χ3v) is 3.74. The van der Waals surface area contributed by atoms with Crippen molar-refractivity contribution in [2.24, 2.45) is 0 Å². The van der Waals surface area contributed by atoms with Crippen molar-refractivity contribution < 1.29 is 14.1 Å². The average molecular weight is 325 g/mol. The van der Waals surface area contributed by atoms with Gasteiger partial charge in [-0.25, -0.2) is 4.79 Å². The molecule has 1 heterocycles. The molecule has 0 atom stereocenters. The van der Waals surface area contributed by atoms with Gasteiger partial charge in [0.25, 0.3) is 5.69 Å². The normalized spacial score (nSPS) is 10.7. The number of fused-ring (bicyclic) bond motifs is 1. The van der Waals surface area contributed by atoms with Crippen LogP contribution in [0.25, 0.3) is 11.0 Å². The summed E-state index contributed by atoms with van der Waals surface area (Å²) in [7, 11) is 0. The Morgan fingerprint density at radius 3 is 2.54 bits per heavy atom. The van der Waals surface area contributed by atoms with Crippen molar-refractivity contribution in [3.63, 3.8) is 0 Å². The second kappa shape index (κ2) is 6.54. The molecule has 0 spiro atoms. The molecule has 0 saturated heterocycles. The summed E-state index contributed by atoms with van der Waals surface area (Å²) in [6.45, 7) is 2.24. The van der Waals surface area contributed by atoms with Gasteiger partial charge in [0.1, 0.15) is 17.9 Å². The Kier molecular flexibility index (Phi) is 4.29. The van der Waals surface area contributed by atoms with E-state index in [0.29, 0.717) is 11.3 Å². The van der Waals surface area contributed by atoms with Crippen LogP contribution >= 0.6 is 0 Å². The Hall–Kier alpha value is -3.15. The molecule has 1 aromatic heterocycles. The number of hydrogen-bond acceptors (Lipinski definition) is 5. The monoisotopic (exact) mass is 325 g/mol. The minimum Gasteiger partial charge on any atom is -0.489 e. The van der Waals surface area contributed by atoms with E-state index in [0.717, 1.165) is 22.9 Å². The number of nitro groups is 1. The third-order valence-electron chi connectivity index (χ3n) is 3.74. The second-order valence-electron chi connectivity index (χ2n) is 5.31. The smallest absolute Gasteiger partial charge is 0.336 e. The van der Waals surface area contributed by atoms with Gasteiger partial charge in [-0.15, -0.1) is 0 Å². The SMILES string of the molecule is CCc1cc(=O)oc2cc(OCc3ccc([N+](=O)[O-])cc3)ccc12. The zero-order valence-electron chi connectivity index (χ0n) is 13.0. The van der Waals surface area contributed by atoms with Gasteiger partial charge < -0.3 is 9.15 Å². The maximum Gasteiger partial charge on any atom is 0.336 e. The van der Waals surface area contributed by atoms with Crippen LogP contribution in [0.2, 0.25) is 0 Å². The fourth-order valence-electron chi connectivity index (χ4n) is 2.47. The molecule has 0 saturated carbocycles. The van der Waals surface area contributed by atoms with E-state index < -0.39 is 4.92 Å². The lowest BCUT2D eigenvalue weighted by Crippen LogP contribution is -2.00. The van der Waals surface area contributed by atoms with Crippen LogP contribution in [0.1, 0.15) is 18.1 Å². The van der Waals surface area contributed by atoms with Crippen LogP contribution in [0.4, 0.5) is 5.69 Å². The molecule has 3 aromatic rings. The molecule has 6 nitrogen and oxygen atoms in total. The van der Waals surface area contributed by atoms with Gasteiger partial charge in [0.05, 0.1) is 4.92 Å². The van der Waals surface area contributed by atoms with Crippen molar-refractivity contribution in [2.45, 2.75) is 20.0 Å². The Labute approximate surface area is 137 Å². The summed E-state index contributed by atoms with van der Waals surface area (Å²) in [6.07, 6.45) is 0.741. The topological polar surface area (TPSA) is 82.6 Å². The number of nitro benzene ring substituents is 1. The summed E-state index contributed by atoms with van der Waals surface area (Å²) in [5, 5.41) is 11.5. The minimum absolute atomic E-state index is 0.0401. The fraction of sp³-hybridized carbons (Fsp3) is 0.167. The maximum absolute atomic E-state index is 11.6.